The van der Waals surface area contributed by atoms with E-state index < -0.39 is 5.91 Å². The number of halogens is 6. The highest BCUT2D eigenvalue weighted by Crippen LogP contribution is 2.45. The first-order chi connectivity index (χ1) is 15.3. The van der Waals surface area contributed by atoms with Crippen LogP contribution in [0.1, 0.15) is 21.5 Å². The van der Waals surface area contributed by atoms with Gasteiger partial charge in [-0.05, 0) is 42.8 Å². The summed E-state index contributed by atoms with van der Waals surface area (Å²) in [5, 5.41) is 3.72. The number of hydrogen-bond donors (Lipinski definition) is 1. The van der Waals surface area contributed by atoms with E-state index in [2.05, 4.69) is 5.32 Å². The van der Waals surface area contributed by atoms with Crippen LogP contribution in [-0.4, -0.2) is 5.91 Å². The van der Waals surface area contributed by atoms with Crippen molar-refractivity contribution in [3.63, 3.8) is 0 Å². The van der Waals surface area contributed by atoms with Crippen molar-refractivity contribution in [3.8, 4) is 0 Å². The van der Waals surface area contributed by atoms with Crippen molar-refractivity contribution in [3.05, 3.63) is 104 Å². The third-order valence-electron chi connectivity index (χ3n) is 4.97. The lowest BCUT2D eigenvalue weighted by atomic mass is 10.1. The average Bonchev–Trinajstić information content (AvgIpc) is 2.85. The van der Waals surface area contributed by atoms with Crippen LogP contribution >= 0.6 is 70.4 Å². The maximum Gasteiger partial charge on any atom is 0.265 e. The Hall–Kier alpha value is -1.85. The molecule has 1 aliphatic rings. The van der Waals surface area contributed by atoms with Crippen LogP contribution in [0.2, 0.25) is 5.02 Å². The number of amides is 1. The maximum atomic E-state index is 13.6. The fraction of sp³-hybridized carbons (Fsp3) is 0.0417. The fourth-order valence-electron chi connectivity index (χ4n) is 3.32. The molecule has 3 aromatic carbocycles. The van der Waals surface area contributed by atoms with Crippen molar-refractivity contribution in [2.45, 2.75) is 6.92 Å². The van der Waals surface area contributed by atoms with E-state index in [1.807, 2.05) is 31.2 Å². The van der Waals surface area contributed by atoms with E-state index in [4.69, 9.17) is 58.0 Å². The van der Waals surface area contributed by atoms with Crippen LogP contribution in [-0.2, 0) is 0 Å². The fourth-order valence-corrected chi connectivity index (χ4v) is 4.56. The zero-order valence-corrected chi connectivity index (χ0v) is 21.6. The van der Waals surface area contributed by atoms with Gasteiger partial charge in [0.05, 0.1) is 31.4 Å². The highest BCUT2D eigenvalue weighted by atomic mass is 35.5. The molecule has 0 bridgehead atoms. The number of rotatable bonds is 3. The van der Waals surface area contributed by atoms with Gasteiger partial charge in [-0.15, -0.1) is 12.4 Å². The first-order valence-electron chi connectivity index (χ1n) is 9.46. The van der Waals surface area contributed by atoms with Crippen molar-refractivity contribution >= 4 is 98.4 Å². The summed E-state index contributed by atoms with van der Waals surface area (Å²) in [6.07, 6.45) is 0. The van der Waals surface area contributed by atoms with Gasteiger partial charge in [-0.25, -0.2) is 0 Å². The number of carbonyl (C=O) groups excluding carboxylic acids is 1. The zero-order valence-electron chi connectivity index (χ0n) is 17.0. The monoisotopic (exact) mass is 558 g/mol. The topological polar surface area (TPSA) is 32.3 Å². The number of para-hydroxylation sites is 2. The van der Waals surface area contributed by atoms with Crippen LogP contribution in [0.25, 0.3) is 5.03 Å². The molecule has 1 aliphatic heterocycles. The molecule has 9 heteroatoms. The number of aryl methyl sites for hydroxylation is 1. The summed E-state index contributed by atoms with van der Waals surface area (Å²) in [6.45, 7) is 2.00. The van der Waals surface area contributed by atoms with E-state index in [1.54, 1.807) is 42.5 Å². The second kappa shape index (κ2) is 10.6. The molecule has 3 aromatic rings. The van der Waals surface area contributed by atoms with Crippen molar-refractivity contribution in [1.82, 2.24) is 0 Å². The average molecular weight is 561 g/mol. The summed E-state index contributed by atoms with van der Waals surface area (Å²) < 4.78 is 0. The SMILES string of the molecule is Cc1ccccc1Nc1ccc(C(=O)N2C(Cl)=C(Cl)C(Cl)=C(Cl)c3ccccc32)c(Cl)c1.Cl. The lowest BCUT2D eigenvalue weighted by molar-refractivity contribution is 0.0996. The summed E-state index contributed by atoms with van der Waals surface area (Å²) in [6, 6.07) is 19.9. The van der Waals surface area contributed by atoms with Gasteiger partial charge in [-0.3, -0.25) is 9.69 Å². The smallest absolute Gasteiger partial charge is 0.265 e. The summed E-state index contributed by atoms with van der Waals surface area (Å²) in [4.78, 5) is 14.8. The second-order valence-electron chi connectivity index (χ2n) is 7.03. The number of fused-ring (bicyclic) bond motifs is 1. The van der Waals surface area contributed by atoms with E-state index in [0.717, 1.165) is 16.9 Å². The molecule has 0 aliphatic carbocycles. The third kappa shape index (κ3) is 5.00. The number of benzene rings is 3. The molecule has 4 rings (SSSR count). The number of nitrogens with zero attached hydrogens (tertiary/aromatic N) is 1. The van der Waals surface area contributed by atoms with Gasteiger partial charge in [0.1, 0.15) is 5.16 Å². The Morgan fingerprint density at radius 1 is 0.818 bits per heavy atom. The predicted molar refractivity (Wildman–Crippen MR) is 144 cm³/mol. The number of hydrogen-bond acceptors (Lipinski definition) is 2. The first kappa shape index (κ1) is 25.8. The van der Waals surface area contributed by atoms with Crippen LogP contribution in [0, 0.1) is 6.92 Å². The number of allylic oxidation sites excluding steroid dienone is 2. The van der Waals surface area contributed by atoms with E-state index in [0.29, 0.717) is 11.3 Å². The molecule has 0 aromatic heterocycles. The quantitative estimate of drug-likeness (QED) is 0.324. The largest absolute Gasteiger partial charge is 0.355 e. The summed E-state index contributed by atoms with van der Waals surface area (Å²) in [7, 11) is 0. The van der Waals surface area contributed by atoms with E-state index in [-0.39, 0.29) is 43.2 Å². The first-order valence-corrected chi connectivity index (χ1v) is 11.4. The van der Waals surface area contributed by atoms with Crippen LogP contribution in [0.5, 0.6) is 0 Å². The molecular weight excluding hydrogens is 545 g/mol. The van der Waals surface area contributed by atoms with E-state index in [9.17, 15) is 4.79 Å². The Morgan fingerprint density at radius 2 is 1.48 bits per heavy atom. The molecule has 3 nitrogen and oxygen atoms in total. The molecule has 0 fully saturated rings. The van der Waals surface area contributed by atoms with Crippen molar-refractivity contribution in [2.75, 3.05) is 10.2 Å². The molecule has 170 valence electrons. The van der Waals surface area contributed by atoms with Gasteiger partial charge in [0.15, 0.2) is 0 Å². The predicted octanol–water partition coefficient (Wildman–Crippen LogP) is 9.27. The van der Waals surface area contributed by atoms with Gasteiger partial charge in [0.25, 0.3) is 5.91 Å². The second-order valence-corrected chi connectivity index (χ2v) is 8.92. The Morgan fingerprint density at radius 3 is 2.18 bits per heavy atom. The minimum absolute atomic E-state index is 0. The molecule has 0 atom stereocenters. The zero-order chi connectivity index (χ0) is 23.0. The molecule has 0 saturated heterocycles. The molecule has 33 heavy (non-hydrogen) atoms. The van der Waals surface area contributed by atoms with Gasteiger partial charge in [-0.1, -0.05) is 94.4 Å². The summed E-state index contributed by atoms with van der Waals surface area (Å²) in [5.74, 6) is -0.469. The summed E-state index contributed by atoms with van der Waals surface area (Å²) in [5.41, 5.74) is 3.97. The van der Waals surface area contributed by atoms with Crippen LogP contribution in [0.4, 0.5) is 17.1 Å². The van der Waals surface area contributed by atoms with Gasteiger partial charge in [0, 0.05) is 16.9 Å². The molecule has 0 radical (unpaired) electrons. The standard InChI is InChI=1S/C24H15Cl5N2O.ClH/c1-13-6-2-4-8-18(13)30-14-10-11-15(17(25)12-14)24(32)31-19-9-5-3-7-16(19)20(26)21(27)22(28)23(31)29;/h2-12,30H,1H3;1H. The highest BCUT2D eigenvalue weighted by Gasteiger charge is 2.31. The molecule has 1 heterocycles. The van der Waals surface area contributed by atoms with Crippen molar-refractivity contribution in [1.29, 1.82) is 0 Å². The number of anilines is 3. The minimum Gasteiger partial charge on any atom is -0.355 e. The lowest BCUT2D eigenvalue weighted by Gasteiger charge is -2.24. The van der Waals surface area contributed by atoms with Gasteiger partial charge >= 0.3 is 0 Å². The van der Waals surface area contributed by atoms with Crippen molar-refractivity contribution < 1.29 is 4.79 Å². The Labute approximate surface area is 222 Å². The summed E-state index contributed by atoms with van der Waals surface area (Å²) >= 11 is 32.1. The molecule has 0 spiro atoms. The van der Waals surface area contributed by atoms with Crippen LogP contribution in [0.15, 0.2) is 82.0 Å². The van der Waals surface area contributed by atoms with Crippen molar-refractivity contribution in [2.24, 2.45) is 0 Å². The van der Waals surface area contributed by atoms with E-state index in [1.165, 1.54) is 4.90 Å². The Balaban J connectivity index is 0.00000306. The van der Waals surface area contributed by atoms with Crippen LogP contribution < -0.4 is 10.2 Å². The van der Waals surface area contributed by atoms with E-state index >= 15 is 0 Å². The third-order valence-corrected chi connectivity index (χ3v) is 7.07. The Kier molecular flexibility index (Phi) is 8.28. The molecule has 1 amide bonds. The molecule has 1 N–H and O–H groups in total. The number of carbonyl (C=O) groups is 1. The van der Waals surface area contributed by atoms with Gasteiger partial charge < -0.3 is 5.32 Å². The normalized spacial score (nSPS) is 13.3. The molecular formula is C24H16Cl6N2O. The minimum atomic E-state index is -0.469. The van der Waals surface area contributed by atoms with Crippen LogP contribution in [0.3, 0.4) is 0 Å². The molecule has 0 unspecified atom stereocenters. The lowest BCUT2D eigenvalue weighted by Crippen LogP contribution is -2.29. The highest BCUT2D eigenvalue weighted by molar-refractivity contribution is 6.60. The maximum absolute atomic E-state index is 13.6. The van der Waals surface area contributed by atoms with Gasteiger partial charge in [0.2, 0.25) is 0 Å². The number of nitrogens with one attached hydrogen (secondary N) is 1. The Bertz CT molecular complexity index is 1300. The molecule has 0 saturated carbocycles. The van der Waals surface area contributed by atoms with Gasteiger partial charge in [-0.2, -0.15) is 0 Å².